The van der Waals surface area contributed by atoms with Gasteiger partial charge in [-0.05, 0) is 36.4 Å². The zero-order chi connectivity index (χ0) is 12.5. The summed E-state index contributed by atoms with van der Waals surface area (Å²) in [5.74, 6) is 1.29. The molecule has 1 aliphatic carbocycles. The molecule has 1 saturated carbocycles. The van der Waals surface area contributed by atoms with Crippen molar-refractivity contribution in [3.05, 3.63) is 30.5 Å². The monoisotopic (exact) mass is 306 g/mol. The van der Waals surface area contributed by atoms with Crippen LogP contribution in [0.5, 0.6) is 5.75 Å². The predicted molar refractivity (Wildman–Crippen MR) is 77.6 cm³/mol. The molecule has 3 rings (SSSR count). The lowest BCUT2D eigenvalue weighted by atomic mass is 10.1. The molecule has 1 aromatic carbocycles. The topological polar surface area (TPSA) is 36.4 Å². The van der Waals surface area contributed by atoms with Crippen molar-refractivity contribution in [3.8, 4) is 5.75 Å². The van der Waals surface area contributed by atoms with Gasteiger partial charge in [0, 0.05) is 29.5 Å². The van der Waals surface area contributed by atoms with E-state index in [0.717, 1.165) is 28.5 Å². The van der Waals surface area contributed by atoms with Gasteiger partial charge < -0.3 is 10.0 Å². The second-order valence-electron chi connectivity index (χ2n) is 4.65. The average Bonchev–Trinajstić information content (AvgIpc) is 3.20. The number of benzene rings is 1. The summed E-state index contributed by atoms with van der Waals surface area (Å²) in [6, 6.07) is 8.06. The fraction of sp³-hybridized carbons (Fsp3) is 0.357. The number of rotatable bonds is 4. The highest BCUT2D eigenvalue weighted by atomic mass is 79.9. The van der Waals surface area contributed by atoms with Gasteiger partial charge in [-0.15, -0.1) is 0 Å². The van der Waals surface area contributed by atoms with Gasteiger partial charge in [0.05, 0.1) is 0 Å². The highest BCUT2D eigenvalue weighted by Crippen LogP contribution is 2.35. The second kappa shape index (κ2) is 4.76. The lowest BCUT2D eigenvalue weighted by molar-refractivity contribution is 0.476. The van der Waals surface area contributed by atoms with Crippen LogP contribution >= 0.6 is 15.9 Å². The first-order chi connectivity index (χ1) is 8.79. The first-order valence-electron chi connectivity index (χ1n) is 6.20. The summed E-state index contributed by atoms with van der Waals surface area (Å²) in [4.78, 5) is 6.87. The Bertz CT molecular complexity index is 569. The van der Waals surface area contributed by atoms with Crippen LogP contribution in [0.1, 0.15) is 12.8 Å². The number of hydrogen-bond acceptors (Lipinski definition) is 3. The normalized spacial score (nSPS) is 14.9. The average molecular weight is 307 g/mol. The van der Waals surface area contributed by atoms with Gasteiger partial charge in [0.2, 0.25) is 0 Å². The van der Waals surface area contributed by atoms with E-state index in [1.165, 1.54) is 12.8 Å². The van der Waals surface area contributed by atoms with E-state index in [1.807, 2.05) is 18.3 Å². The summed E-state index contributed by atoms with van der Waals surface area (Å²) >= 11 is 3.50. The summed E-state index contributed by atoms with van der Waals surface area (Å²) in [6.07, 6.45) is 4.33. The molecule has 0 unspecified atom stereocenters. The second-order valence-corrected chi connectivity index (χ2v) is 5.45. The van der Waals surface area contributed by atoms with Crippen molar-refractivity contribution in [3.63, 3.8) is 0 Å². The van der Waals surface area contributed by atoms with Gasteiger partial charge in [0.15, 0.2) is 0 Å². The van der Waals surface area contributed by atoms with Crippen LogP contribution in [-0.4, -0.2) is 28.0 Å². The predicted octanol–water partition coefficient (Wildman–Crippen LogP) is 3.30. The van der Waals surface area contributed by atoms with Gasteiger partial charge in [0.1, 0.15) is 11.6 Å². The number of hydrogen-bond donors (Lipinski definition) is 1. The Morgan fingerprint density at radius 2 is 2.17 bits per heavy atom. The third-order valence-corrected chi connectivity index (χ3v) is 3.67. The van der Waals surface area contributed by atoms with E-state index in [2.05, 4.69) is 25.8 Å². The first-order valence-corrected chi connectivity index (χ1v) is 7.32. The van der Waals surface area contributed by atoms with Crippen LogP contribution in [-0.2, 0) is 0 Å². The Labute approximate surface area is 115 Å². The highest BCUT2D eigenvalue weighted by Gasteiger charge is 2.30. The first kappa shape index (κ1) is 11.8. The number of alkyl halides is 1. The van der Waals surface area contributed by atoms with Gasteiger partial charge in [-0.25, -0.2) is 4.98 Å². The molecule has 0 spiro atoms. The summed E-state index contributed by atoms with van der Waals surface area (Å²) in [6.45, 7) is 0.951. The number of phenolic OH excluding ortho intramolecular Hbond substituents is 1. The van der Waals surface area contributed by atoms with Crippen LogP contribution in [0.3, 0.4) is 0 Å². The minimum atomic E-state index is 0.298. The minimum Gasteiger partial charge on any atom is -0.508 e. The number of fused-ring (bicyclic) bond motifs is 1. The fourth-order valence-corrected chi connectivity index (χ4v) is 2.69. The maximum atomic E-state index is 9.67. The van der Waals surface area contributed by atoms with E-state index in [9.17, 15) is 5.11 Å². The van der Waals surface area contributed by atoms with E-state index < -0.39 is 0 Å². The number of anilines is 1. The van der Waals surface area contributed by atoms with Crippen LogP contribution < -0.4 is 4.90 Å². The van der Waals surface area contributed by atoms with E-state index in [-0.39, 0.29) is 0 Å². The smallest absolute Gasteiger partial charge is 0.136 e. The molecule has 94 valence electrons. The van der Waals surface area contributed by atoms with E-state index >= 15 is 0 Å². The molecule has 1 aliphatic rings. The number of pyridine rings is 1. The molecule has 0 saturated heterocycles. The molecule has 3 nitrogen and oxygen atoms in total. The molecule has 1 N–H and O–H groups in total. The zero-order valence-corrected chi connectivity index (χ0v) is 11.6. The van der Waals surface area contributed by atoms with Crippen LogP contribution in [0.4, 0.5) is 5.82 Å². The van der Waals surface area contributed by atoms with Gasteiger partial charge in [-0.3, -0.25) is 0 Å². The molecule has 1 heterocycles. The molecule has 0 aliphatic heterocycles. The van der Waals surface area contributed by atoms with Crippen LogP contribution in [0.2, 0.25) is 0 Å². The summed E-state index contributed by atoms with van der Waals surface area (Å²) < 4.78 is 0. The van der Waals surface area contributed by atoms with Crippen molar-refractivity contribution in [2.24, 2.45) is 0 Å². The van der Waals surface area contributed by atoms with E-state index in [0.29, 0.717) is 11.8 Å². The largest absolute Gasteiger partial charge is 0.508 e. The molecule has 1 fully saturated rings. The SMILES string of the molecule is Oc1ccc2ccnc(N(CCBr)C3CC3)c2c1. The van der Waals surface area contributed by atoms with E-state index in [4.69, 9.17) is 0 Å². The molecule has 0 atom stereocenters. The third kappa shape index (κ3) is 2.17. The van der Waals surface area contributed by atoms with Crippen molar-refractivity contribution in [2.75, 3.05) is 16.8 Å². The number of halogens is 1. The van der Waals surface area contributed by atoms with Crippen molar-refractivity contribution in [2.45, 2.75) is 18.9 Å². The van der Waals surface area contributed by atoms with E-state index in [1.54, 1.807) is 12.1 Å². The Morgan fingerprint density at radius 3 is 2.89 bits per heavy atom. The number of aromatic nitrogens is 1. The van der Waals surface area contributed by atoms with Crippen molar-refractivity contribution in [1.29, 1.82) is 0 Å². The van der Waals surface area contributed by atoms with Gasteiger partial charge in [0.25, 0.3) is 0 Å². The van der Waals surface area contributed by atoms with Crippen molar-refractivity contribution >= 4 is 32.5 Å². The molecule has 0 bridgehead atoms. The number of aromatic hydroxyl groups is 1. The maximum Gasteiger partial charge on any atom is 0.136 e. The third-order valence-electron chi connectivity index (χ3n) is 3.31. The standard InChI is InChI=1S/C14H15BrN2O/c15-6-8-17(11-2-3-11)14-13-9-12(18)4-1-10(13)5-7-16-14/h1,4-5,7,9,11,18H,2-3,6,8H2. The van der Waals surface area contributed by atoms with Crippen LogP contribution in [0.25, 0.3) is 10.8 Å². The lowest BCUT2D eigenvalue weighted by Gasteiger charge is -2.24. The Balaban J connectivity index is 2.11. The molecular formula is C14H15BrN2O. The Morgan fingerprint density at radius 1 is 1.33 bits per heavy atom. The zero-order valence-electron chi connectivity index (χ0n) is 10.0. The quantitative estimate of drug-likeness (QED) is 0.881. The summed E-state index contributed by atoms with van der Waals surface area (Å²) in [7, 11) is 0. The lowest BCUT2D eigenvalue weighted by Crippen LogP contribution is -2.28. The molecule has 1 aromatic heterocycles. The number of phenols is 1. The summed E-state index contributed by atoms with van der Waals surface area (Å²) in [5, 5.41) is 12.8. The molecule has 2 aromatic rings. The molecule has 0 amide bonds. The van der Waals surface area contributed by atoms with Crippen molar-refractivity contribution in [1.82, 2.24) is 4.98 Å². The molecule has 0 radical (unpaired) electrons. The van der Waals surface area contributed by atoms with Gasteiger partial charge in [-0.1, -0.05) is 22.0 Å². The number of nitrogens with zero attached hydrogens (tertiary/aromatic N) is 2. The fourth-order valence-electron chi connectivity index (χ4n) is 2.31. The Kier molecular flexibility index (Phi) is 3.12. The van der Waals surface area contributed by atoms with Crippen molar-refractivity contribution < 1.29 is 5.11 Å². The molecular weight excluding hydrogens is 292 g/mol. The summed E-state index contributed by atoms with van der Waals surface area (Å²) in [5.41, 5.74) is 0. The minimum absolute atomic E-state index is 0.298. The van der Waals surface area contributed by atoms with Crippen LogP contribution in [0.15, 0.2) is 30.5 Å². The highest BCUT2D eigenvalue weighted by molar-refractivity contribution is 9.09. The molecule has 18 heavy (non-hydrogen) atoms. The van der Waals surface area contributed by atoms with Gasteiger partial charge in [-0.2, -0.15) is 0 Å². The Hall–Kier alpha value is -1.29. The molecule has 4 heteroatoms. The van der Waals surface area contributed by atoms with Crippen LogP contribution in [0, 0.1) is 0 Å². The van der Waals surface area contributed by atoms with Gasteiger partial charge >= 0.3 is 0 Å². The maximum absolute atomic E-state index is 9.67.